The molecular formula is C13H19FN2O. The van der Waals surface area contributed by atoms with Crippen LogP contribution < -0.4 is 15.8 Å². The number of benzene rings is 1. The second kappa shape index (κ2) is 4.92. The normalized spacial score (nSPS) is 17.4. The van der Waals surface area contributed by atoms with Gasteiger partial charge in [0.25, 0.3) is 0 Å². The molecule has 0 atom stereocenters. The third kappa shape index (κ3) is 2.52. The molecule has 0 heterocycles. The van der Waals surface area contributed by atoms with Crippen molar-refractivity contribution in [2.24, 2.45) is 11.1 Å². The molecule has 1 aliphatic carbocycles. The van der Waals surface area contributed by atoms with E-state index in [1.807, 2.05) is 6.07 Å². The maximum absolute atomic E-state index is 13.5. The van der Waals surface area contributed by atoms with Crippen LogP contribution in [0.3, 0.4) is 0 Å². The Kier molecular flexibility index (Phi) is 3.52. The zero-order valence-corrected chi connectivity index (χ0v) is 10.1. The van der Waals surface area contributed by atoms with Crippen molar-refractivity contribution in [1.29, 1.82) is 0 Å². The lowest BCUT2D eigenvalue weighted by Gasteiger charge is -2.41. The average molecular weight is 238 g/mol. The standard InChI is InChI=1S/C13H19FN2O/c1-17-12-4-3-10(7-11(12)14)16-9-13(8-15)5-2-6-13/h3-4,7,16H,2,5-6,8-9,15H2,1H3. The van der Waals surface area contributed by atoms with E-state index < -0.39 is 0 Å². The number of hydrogen-bond donors (Lipinski definition) is 2. The maximum Gasteiger partial charge on any atom is 0.167 e. The fourth-order valence-corrected chi connectivity index (χ4v) is 2.20. The molecule has 1 aromatic carbocycles. The summed E-state index contributed by atoms with van der Waals surface area (Å²) in [6.07, 6.45) is 3.57. The Morgan fingerprint density at radius 1 is 1.47 bits per heavy atom. The fourth-order valence-electron chi connectivity index (χ4n) is 2.20. The molecule has 1 aliphatic rings. The highest BCUT2D eigenvalue weighted by Gasteiger charge is 2.35. The molecule has 0 unspecified atom stereocenters. The molecule has 0 radical (unpaired) electrons. The van der Waals surface area contributed by atoms with E-state index in [4.69, 9.17) is 10.5 Å². The van der Waals surface area contributed by atoms with Gasteiger partial charge in [-0.1, -0.05) is 6.42 Å². The summed E-state index contributed by atoms with van der Waals surface area (Å²) in [5.41, 5.74) is 6.77. The zero-order chi connectivity index (χ0) is 12.3. The quantitative estimate of drug-likeness (QED) is 0.828. The van der Waals surface area contributed by atoms with Crippen molar-refractivity contribution in [2.45, 2.75) is 19.3 Å². The first-order valence-corrected chi connectivity index (χ1v) is 5.97. The van der Waals surface area contributed by atoms with E-state index in [0.717, 1.165) is 25.1 Å². The van der Waals surface area contributed by atoms with Gasteiger partial charge >= 0.3 is 0 Å². The molecule has 3 N–H and O–H groups in total. The van der Waals surface area contributed by atoms with Gasteiger partial charge in [0.1, 0.15) is 0 Å². The Morgan fingerprint density at radius 2 is 2.24 bits per heavy atom. The Morgan fingerprint density at radius 3 is 2.71 bits per heavy atom. The van der Waals surface area contributed by atoms with E-state index in [1.54, 1.807) is 6.07 Å². The van der Waals surface area contributed by atoms with Gasteiger partial charge in [0.15, 0.2) is 11.6 Å². The van der Waals surface area contributed by atoms with E-state index in [0.29, 0.717) is 6.54 Å². The van der Waals surface area contributed by atoms with Crippen LogP contribution in [0.2, 0.25) is 0 Å². The van der Waals surface area contributed by atoms with Crippen molar-refractivity contribution >= 4 is 5.69 Å². The van der Waals surface area contributed by atoms with Crippen molar-refractivity contribution in [3.05, 3.63) is 24.0 Å². The number of rotatable bonds is 5. The van der Waals surface area contributed by atoms with Gasteiger partial charge in [0.05, 0.1) is 7.11 Å². The molecule has 94 valence electrons. The van der Waals surface area contributed by atoms with E-state index in [2.05, 4.69) is 5.32 Å². The Labute approximate surface area is 101 Å². The highest BCUT2D eigenvalue weighted by atomic mass is 19.1. The Balaban J connectivity index is 1.97. The summed E-state index contributed by atoms with van der Waals surface area (Å²) in [5.74, 6) is -0.0689. The third-order valence-corrected chi connectivity index (χ3v) is 3.67. The van der Waals surface area contributed by atoms with Crippen LogP contribution >= 0.6 is 0 Å². The second-order valence-electron chi connectivity index (χ2n) is 4.76. The van der Waals surface area contributed by atoms with Crippen LogP contribution in [0.1, 0.15) is 19.3 Å². The van der Waals surface area contributed by atoms with Gasteiger partial charge in [-0.3, -0.25) is 0 Å². The average Bonchev–Trinajstić information content (AvgIpc) is 2.28. The summed E-state index contributed by atoms with van der Waals surface area (Å²) in [4.78, 5) is 0. The van der Waals surface area contributed by atoms with E-state index in [-0.39, 0.29) is 17.0 Å². The molecule has 1 saturated carbocycles. The van der Waals surface area contributed by atoms with Gasteiger partial charge in [0, 0.05) is 18.3 Å². The molecule has 0 aromatic heterocycles. The smallest absolute Gasteiger partial charge is 0.167 e. The van der Waals surface area contributed by atoms with Crippen LogP contribution in [0.4, 0.5) is 10.1 Å². The number of nitrogens with one attached hydrogen (secondary N) is 1. The molecule has 0 bridgehead atoms. The highest BCUT2D eigenvalue weighted by Crippen LogP contribution is 2.39. The monoisotopic (exact) mass is 238 g/mol. The van der Waals surface area contributed by atoms with Crippen LogP contribution in [0.25, 0.3) is 0 Å². The zero-order valence-electron chi connectivity index (χ0n) is 10.1. The molecule has 4 heteroatoms. The van der Waals surface area contributed by atoms with E-state index in [1.165, 1.54) is 19.6 Å². The second-order valence-corrected chi connectivity index (χ2v) is 4.76. The Hall–Kier alpha value is -1.29. The van der Waals surface area contributed by atoms with Crippen molar-refractivity contribution in [2.75, 3.05) is 25.5 Å². The lowest BCUT2D eigenvalue weighted by Crippen LogP contribution is -2.42. The number of nitrogens with two attached hydrogens (primary N) is 1. The summed E-state index contributed by atoms with van der Waals surface area (Å²) >= 11 is 0. The predicted molar refractivity (Wildman–Crippen MR) is 66.8 cm³/mol. The minimum absolute atomic E-state index is 0.219. The minimum atomic E-state index is -0.340. The molecule has 0 saturated heterocycles. The topological polar surface area (TPSA) is 47.3 Å². The van der Waals surface area contributed by atoms with E-state index >= 15 is 0 Å². The lowest BCUT2D eigenvalue weighted by atomic mass is 9.69. The van der Waals surface area contributed by atoms with E-state index in [9.17, 15) is 4.39 Å². The number of hydrogen-bond acceptors (Lipinski definition) is 3. The van der Waals surface area contributed by atoms with Crippen molar-refractivity contribution in [3.63, 3.8) is 0 Å². The van der Waals surface area contributed by atoms with Crippen molar-refractivity contribution < 1.29 is 9.13 Å². The summed E-state index contributed by atoms with van der Waals surface area (Å²) in [6, 6.07) is 4.92. The first kappa shape index (κ1) is 12.2. The number of methoxy groups -OCH3 is 1. The van der Waals surface area contributed by atoms with Crippen LogP contribution in [0.5, 0.6) is 5.75 Å². The first-order chi connectivity index (χ1) is 8.19. The fraction of sp³-hybridized carbons (Fsp3) is 0.538. The van der Waals surface area contributed by atoms with Gasteiger partial charge in [-0.2, -0.15) is 0 Å². The first-order valence-electron chi connectivity index (χ1n) is 5.97. The van der Waals surface area contributed by atoms with Gasteiger partial charge in [-0.15, -0.1) is 0 Å². The molecule has 17 heavy (non-hydrogen) atoms. The summed E-state index contributed by atoms with van der Waals surface area (Å²) in [7, 11) is 1.46. The summed E-state index contributed by atoms with van der Waals surface area (Å²) in [6.45, 7) is 1.51. The molecule has 2 rings (SSSR count). The highest BCUT2D eigenvalue weighted by molar-refractivity contribution is 5.47. The number of anilines is 1. The SMILES string of the molecule is COc1ccc(NCC2(CN)CCC2)cc1F. The summed E-state index contributed by atoms with van der Waals surface area (Å²) < 4.78 is 18.3. The minimum Gasteiger partial charge on any atom is -0.494 e. The predicted octanol–water partition coefficient (Wildman–Crippen LogP) is 2.38. The van der Waals surface area contributed by atoms with Crippen LogP contribution in [0.15, 0.2) is 18.2 Å². The summed E-state index contributed by atoms with van der Waals surface area (Å²) in [5, 5.41) is 3.25. The van der Waals surface area contributed by atoms with Crippen LogP contribution in [-0.2, 0) is 0 Å². The van der Waals surface area contributed by atoms with Crippen LogP contribution in [-0.4, -0.2) is 20.2 Å². The molecule has 1 aromatic rings. The van der Waals surface area contributed by atoms with Gasteiger partial charge in [-0.25, -0.2) is 4.39 Å². The van der Waals surface area contributed by atoms with Gasteiger partial charge < -0.3 is 15.8 Å². The molecule has 0 spiro atoms. The number of halogens is 1. The van der Waals surface area contributed by atoms with Crippen molar-refractivity contribution in [3.8, 4) is 5.75 Å². The molecule has 0 aliphatic heterocycles. The van der Waals surface area contributed by atoms with Gasteiger partial charge in [-0.05, 0) is 36.9 Å². The number of ether oxygens (including phenoxy) is 1. The van der Waals surface area contributed by atoms with Crippen LogP contribution in [0, 0.1) is 11.2 Å². The van der Waals surface area contributed by atoms with Gasteiger partial charge in [0.2, 0.25) is 0 Å². The lowest BCUT2D eigenvalue weighted by molar-refractivity contribution is 0.163. The molecular weight excluding hydrogens is 219 g/mol. The third-order valence-electron chi connectivity index (χ3n) is 3.67. The Bertz CT molecular complexity index is 385. The molecule has 1 fully saturated rings. The molecule has 0 amide bonds. The molecule has 3 nitrogen and oxygen atoms in total. The van der Waals surface area contributed by atoms with Crippen molar-refractivity contribution in [1.82, 2.24) is 0 Å². The largest absolute Gasteiger partial charge is 0.494 e. The maximum atomic E-state index is 13.5.